The summed E-state index contributed by atoms with van der Waals surface area (Å²) in [4.78, 5) is 24.2. The third kappa shape index (κ3) is 3.94. The molecule has 0 aliphatic heterocycles. The van der Waals surface area contributed by atoms with Crippen molar-refractivity contribution in [3.63, 3.8) is 0 Å². The van der Waals surface area contributed by atoms with Gasteiger partial charge in [0.05, 0.1) is 11.9 Å². The Kier molecular flexibility index (Phi) is 4.57. The van der Waals surface area contributed by atoms with Gasteiger partial charge in [-0.1, -0.05) is 0 Å². The Morgan fingerprint density at radius 3 is 2.18 bits per heavy atom. The zero-order chi connectivity index (χ0) is 20.7. The van der Waals surface area contributed by atoms with E-state index in [0.717, 1.165) is 12.3 Å². The van der Waals surface area contributed by atoms with Crippen LogP contribution in [0.4, 0.5) is 26.3 Å². The Bertz CT molecular complexity index is 1050. The number of nitrogens with zero attached hydrogens (tertiary/aromatic N) is 3. The first-order chi connectivity index (χ1) is 12.9. The number of hydrogen-bond donors (Lipinski definition) is 2. The van der Waals surface area contributed by atoms with E-state index >= 15 is 0 Å². The number of rotatable bonds is 3. The molecule has 12 heteroatoms. The van der Waals surface area contributed by atoms with Crippen LogP contribution in [0.1, 0.15) is 17.0 Å². The predicted molar refractivity (Wildman–Crippen MR) is 85.4 cm³/mol. The third-order valence-electron chi connectivity index (χ3n) is 3.54. The number of halogens is 6. The molecule has 3 N–H and O–H groups in total. The van der Waals surface area contributed by atoms with Gasteiger partial charge in [0, 0.05) is 23.4 Å². The Morgan fingerprint density at radius 1 is 1.04 bits per heavy atom. The molecule has 0 atom stereocenters. The van der Waals surface area contributed by atoms with Crippen molar-refractivity contribution in [2.45, 2.75) is 12.4 Å². The highest BCUT2D eigenvalue weighted by atomic mass is 19.4. The van der Waals surface area contributed by atoms with Crippen LogP contribution in [-0.2, 0) is 17.1 Å². The normalized spacial score (nSPS) is 12.8. The molecule has 6 nitrogen and oxygen atoms in total. The summed E-state index contributed by atoms with van der Waals surface area (Å²) < 4.78 is 77.8. The van der Waals surface area contributed by atoms with Crippen molar-refractivity contribution in [1.29, 1.82) is 0 Å². The maximum atomic E-state index is 13.0. The molecule has 146 valence electrons. The van der Waals surface area contributed by atoms with Crippen LogP contribution in [0.5, 0.6) is 0 Å². The summed E-state index contributed by atoms with van der Waals surface area (Å²) in [5, 5.41) is 0. The smallest absolute Gasteiger partial charge is 0.366 e. The number of H-pyrrole nitrogens is 1. The van der Waals surface area contributed by atoms with Gasteiger partial charge in [-0.3, -0.25) is 4.79 Å². The summed E-state index contributed by atoms with van der Waals surface area (Å²) in [5.41, 5.74) is 1.56. The monoisotopic (exact) mass is 401 g/mol. The average molecular weight is 401 g/mol. The van der Waals surface area contributed by atoms with Crippen molar-refractivity contribution in [2.24, 2.45) is 5.73 Å². The lowest BCUT2D eigenvalue weighted by atomic mass is 10.1. The molecule has 3 aromatic rings. The topological polar surface area (TPSA) is 97.6 Å². The van der Waals surface area contributed by atoms with Gasteiger partial charge in [-0.2, -0.15) is 26.3 Å². The van der Waals surface area contributed by atoms with Gasteiger partial charge >= 0.3 is 12.4 Å². The number of amides is 1. The summed E-state index contributed by atoms with van der Waals surface area (Å²) in [6, 6.07) is 0.910. The van der Waals surface area contributed by atoms with Crippen LogP contribution >= 0.6 is 0 Å². The number of primary amides is 1. The Morgan fingerprint density at radius 2 is 1.64 bits per heavy atom. The number of carbonyl (C=O) groups is 1. The lowest BCUT2D eigenvalue weighted by molar-refractivity contribution is -0.150. The van der Waals surface area contributed by atoms with Crippen molar-refractivity contribution in [3.8, 4) is 11.3 Å². The minimum absolute atomic E-state index is 0.133. The Hall–Kier alpha value is -3.44. The van der Waals surface area contributed by atoms with Crippen LogP contribution < -0.4 is 5.73 Å². The molecule has 3 rings (SSSR count). The van der Waals surface area contributed by atoms with Crippen LogP contribution in [0, 0.1) is 0 Å². The molecule has 0 fully saturated rings. The average Bonchev–Trinajstić information content (AvgIpc) is 3.00. The third-order valence-corrected chi connectivity index (χ3v) is 3.54. The maximum absolute atomic E-state index is 13.0. The molecule has 0 saturated carbocycles. The van der Waals surface area contributed by atoms with E-state index in [-0.39, 0.29) is 16.9 Å². The Balaban J connectivity index is 2.18. The number of aromatic nitrogens is 4. The molecular weight excluding hydrogens is 392 g/mol. The van der Waals surface area contributed by atoms with Crippen LogP contribution in [0.15, 0.2) is 30.6 Å². The number of alkyl halides is 6. The van der Waals surface area contributed by atoms with E-state index in [1.54, 1.807) is 0 Å². The van der Waals surface area contributed by atoms with E-state index in [0.29, 0.717) is 17.7 Å². The van der Waals surface area contributed by atoms with Gasteiger partial charge in [0.25, 0.3) is 0 Å². The van der Waals surface area contributed by atoms with Crippen molar-refractivity contribution in [3.05, 3.63) is 47.6 Å². The van der Waals surface area contributed by atoms with Crippen LogP contribution in [-0.4, -0.2) is 25.8 Å². The highest BCUT2D eigenvalue weighted by Crippen LogP contribution is 2.36. The number of nitrogens with one attached hydrogen (secondary N) is 1. The van der Waals surface area contributed by atoms with Gasteiger partial charge in [-0.05, 0) is 18.2 Å². The zero-order valence-electron chi connectivity index (χ0n) is 13.6. The molecule has 3 heterocycles. The molecule has 0 bridgehead atoms. The highest BCUT2D eigenvalue weighted by molar-refractivity contribution is 5.93. The second-order valence-corrected chi connectivity index (χ2v) is 5.55. The summed E-state index contributed by atoms with van der Waals surface area (Å²) in [6.45, 7) is 0. The van der Waals surface area contributed by atoms with Crippen molar-refractivity contribution >= 4 is 23.1 Å². The fraction of sp³-hybridized carbons (Fsp3) is 0.125. The quantitative estimate of drug-likeness (QED) is 0.518. The van der Waals surface area contributed by atoms with Crippen molar-refractivity contribution in [2.75, 3.05) is 0 Å². The molecule has 0 saturated heterocycles. The van der Waals surface area contributed by atoms with E-state index in [4.69, 9.17) is 5.73 Å². The van der Waals surface area contributed by atoms with E-state index in [1.807, 2.05) is 0 Å². The molecule has 28 heavy (non-hydrogen) atoms. The van der Waals surface area contributed by atoms with Crippen LogP contribution in [0.25, 0.3) is 28.5 Å². The van der Waals surface area contributed by atoms with Gasteiger partial charge in [0.1, 0.15) is 16.9 Å². The fourth-order valence-electron chi connectivity index (χ4n) is 2.32. The predicted octanol–water partition coefficient (Wildman–Crippen LogP) is 3.56. The Labute approximate surface area is 152 Å². The standard InChI is InChI=1S/C16H9F6N5O/c17-15(18,19)10-3-8(4-11(27-10)16(20,21)22)9-6-25-14-13(26-9)7(5-24-14)1-2-12(23)28/h1-6H,(H2,23,28)(H,24,25). The number of fused-ring (bicyclic) bond motifs is 1. The first-order valence-electron chi connectivity index (χ1n) is 7.43. The van der Waals surface area contributed by atoms with E-state index in [2.05, 4.69) is 19.9 Å². The minimum atomic E-state index is -5.09. The molecule has 1 amide bonds. The van der Waals surface area contributed by atoms with E-state index < -0.39 is 35.2 Å². The lowest BCUT2D eigenvalue weighted by Crippen LogP contribution is -2.15. The number of nitrogens with two attached hydrogens (primary N) is 1. The van der Waals surface area contributed by atoms with Gasteiger partial charge in [-0.15, -0.1) is 0 Å². The summed E-state index contributed by atoms with van der Waals surface area (Å²) in [5.74, 6) is -0.753. The fourth-order valence-corrected chi connectivity index (χ4v) is 2.32. The molecule has 0 radical (unpaired) electrons. The second kappa shape index (κ2) is 6.62. The van der Waals surface area contributed by atoms with E-state index in [9.17, 15) is 31.1 Å². The van der Waals surface area contributed by atoms with Gasteiger partial charge in [-0.25, -0.2) is 15.0 Å². The van der Waals surface area contributed by atoms with Crippen molar-refractivity contribution < 1.29 is 31.1 Å². The number of aromatic amines is 1. The molecule has 0 spiro atoms. The summed E-state index contributed by atoms with van der Waals surface area (Å²) in [6.07, 6.45) is -5.44. The first kappa shape index (κ1) is 19.3. The molecule has 0 aromatic carbocycles. The molecule has 0 aliphatic rings. The SMILES string of the molecule is NC(=O)C=Cc1c[nH]c2ncc(-c3cc(C(F)(F)F)nc(C(F)(F)F)c3)nc12. The lowest BCUT2D eigenvalue weighted by Gasteiger charge is -2.12. The summed E-state index contributed by atoms with van der Waals surface area (Å²) in [7, 11) is 0. The molecule has 0 unspecified atom stereocenters. The molecule has 3 aromatic heterocycles. The largest absolute Gasteiger partial charge is 0.433 e. The van der Waals surface area contributed by atoms with Gasteiger partial charge in [0.15, 0.2) is 5.65 Å². The zero-order valence-corrected chi connectivity index (χ0v) is 13.6. The van der Waals surface area contributed by atoms with Gasteiger partial charge < -0.3 is 10.7 Å². The highest BCUT2D eigenvalue weighted by Gasteiger charge is 2.39. The van der Waals surface area contributed by atoms with Crippen molar-refractivity contribution in [1.82, 2.24) is 19.9 Å². The van der Waals surface area contributed by atoms with E-state index in [1.165, 1.54) is 12.3 Å². The summed E-state index contributed by atoms with van der Waals surface area (Å²) >= 11 is 0. The number of pyridine rings is 1. The van der Waals surface area contributed by atoms with Crippen LogP contribution in [0.3, 0.4) is 0 Å². The maximum Gasteiger partial charge on any atom is 0.433 e. The van der Waals surface area contributed by atoms with Crippen LogP contribution in [0.2, 0.25) is 0 Å². The minimum Gasteiger partial charge on any atom is -0.366 e. The van der Waals surface area contributed by atoms with Gasteiger partial charge in [0.2, 0.25) is 5.91 Å². The number of carbonyl (C=O) groups excluding carboxylic acids is 1. The number of hydrogen-bond acceptors (Lipinski definition) is 4. The second-order valence-electron chi connectivity index (χ2n) is 5.55. The molecular formula is C16H9F6N5O. The first-order valence-corrected chi connectivity index (χ1v) is 7.43. The molecule has 0 aliphatic carbocycles.